The number of aromatic amines is 1. The van der Waals surface area contributed by atoms with Crippen LogP contribution in [-0.2, 0) is 9.84 Å². The molecule has 3 heterocycles. The maximum atomic E-state index is 13.6. The number of pyridine rings is 1. The fourth-order valence-corrected chi connectivity index (χ4v) is 6.71. The summed E-state index contributed by atoms with van der Waals surface area (Å²) in [5.41, 5.74) is 4.51. The zero-order valence-electron chi connectivity index (χ0n) is 21.7. The number of aliphatic hydroxyl groups is 1. The molecule has 1 aromatic carbocycles. The zero-order valence-corrected chi connectivity index (χ0v) is 23.3. The molecular weight excluding hydrogens is 524 g/mol. The van der Waals surface area contributed by atoms with Crippen molar-refractivity contribution in [2.45, 2.75) is 45.6 Å². The van der Waals surface area contributed by atoms with Crippen LogP contribution in [0.3, 0.4) is 0 Å². The first-order chi connectivity index (χ1) is 18.2. The van der Waals surface area contributed by atoms with E-state index in [1.807, 2.05) is 19.1 Å². The summed E-state index contributed by atoms with van der Waals surface area (Å²) in [4.78, 5) is 24.0. The molecule has 0 unspecified atom stereocenters. The van der Waals surface area contributed by atoms with Crippen molar-refractivity contribution < 1.29 is 18.3 Å². The Morgan fingerprint density at radius 3 is 2.76 bits per heavy atom. The standard InChI is InChI=1S/C28H33ClN4O4S/c1-3-38(36,37)21-6-4-5-18(13-21)23-15-22(28(35)31-20-7-9-33(10-8-20)11-12-34)17(2)26-25(23)24-14-19(29)16-30-27(24)32-26/h6,13-16,20,34H,3-5,7-12H2,1-2H3,(H,30,32)(H,31,35). The molecule has 1 fully saturated rings. The van der Waals surface area contributed by atoms with Crippen molar-refractivity contribution in [3.63, 3.8) is 0 Å². The lowest BCUT2D eigenvalue weighted by atomic mass is 9.89. The number of sulfone groups is 1. The molecule has 8 nitrogen and oxygen atoms in total. The number of aliphatic hydroxyl groups excluding tert-OH is 1. The number of benzene rings is 1. The van der Waals surface area contributed by atoms with Crippen LogP contribution in [0.15, 0.2) is 35.4 Å². The normalized spacial score (nSPS) is 17.6. The van der Waals surface area contributed by atoms with E-state index in [0.29, 0.717) is 40.5 Å². The largest absolute Gasteiger partial charge is 0.395 e. The third-order valence-electron chi connectivity index (χ3n) is 7.70. The number of H-pyrrole nitrogens is 1. The summed E-state index contributed by atoms with van der Waals surface area (Å²) in [5.74, 6) is -0.118. The molecule has 5 rings (SSSR count). The average Bonchev–Trinajstić information content (AvgIpc) is 3.29. The summed E-state index contributed by atoms with van der Waals surface area (Å²) in [6, 6.07) is 3.81. The van der Waals surface area contributed by atoms with Crippen molar-refractivity contribution in [1.82, 2.24) is 20.2 Å². The number of halogens is 1. The number of carbonyl (C=O) groups excluding carboxylic acids is 1. The summed E-state index contributed by atoms with van der Waals surface area (Å²) in [6.45, 7) is 6.01. The Morgan fingerprint density at radius 1 is 1.29 bits per heavy atom. The second-order valence-electron chi connectivity index (χ2n) is 10.1. The average molecular weight is 557 g/mol. The number of amides is 1. The predicted molar refractivity (Wildman–Crippen MR) is 152 cm³/mol. The first kappa shape index (κ1) is 26.9. The van der Waals surface area contributed by atoms with Crippen molar-refractivity contribution in [3.8, 4) is 0 Å². The van der Waals surface area contributed by atoms with Gasteiger partial charge in [-0.3, -0.25) is 4.79 Å². The molecule has 1 aliphatic carbocycles. The highest BCUT2D eigenvalue weighted by Crippen LogP contribution is 2.39. The summed E-state index contributed by atoms with van der Waals surface area (Å²) >= 11 is 6.32. The Kier molecular flexibility index (Phi) is 7.64. The number of aryl methyl sites for hydroxylation is 1. The number of nitrogens with zero attached hydrogens (tertiary/aromatic N) is 2. The summed E-state index contributed by atoms with van der Waals surface area (Å²) in [7, 11) is -3.37. The number of rotatable bonds is 7. The van der Waals surface area contributed by atoms with Gasteiger partial charge in [0, 0.05) is 48.2 Å². The van der Waals surface area contributed by atoms with Gasteiger partial charge in [-0.05, 0) is 67.5 Å². The van der Waals surface area contributed by atoms with Crippen LogP contribution in [0.4, 0.5) is 0 Å². The molecule has 2 aliphatic rings. The van der Waals surface area contributed by atoms with Crippen LogP contribution in [0.5, 0.6) is 0 Å². The minimum atomic E-state index is -3.37. The van der Waals surface area contributed by atoms with Crippen molar-refractivity contribution in [1.29, 1.82) is 0 Å². The van der Waals surface area contributed by atoms with Crippen molar-refractivity contribution in [3.05, 3.63) is 57.1 Å². The lowest BCUT2D eigenvalue weighted by molar-refractivity contribution is 0.0902. The maximum absolute atomic E-state index is 13.6. The highest BCUT2D eigenvalue weighted by Gasteiger charge is 2.26. The van der Waals surface area contributed by atoms with E-state index in [4.69, 9.17) is 11.6 Å². The number of β-amino-alcohol motifs (C(OH)–C–C–N with tert-alkyl or cyclic N) is 1. The summed E-state index contributed by atoms with van der Waals surface area (Å²) < 4.78 is 25.4. The van der Waals surface area contributed by atoms with Gasteiger partial charge in [-0.1, -0.05) is 24.6 Å². The fraction of sp³-hybridized carbons (Fsp3) is 0.429. The Labute approximate surface area is 227 Å². The summed E-state index contributed by atoms with van der Waals surface area (Å²) in [6.07, 6.45) is 8.02. The van der Waals surface area contributed by atoms with E-state index in [1.54, 1.807) is 25.3 Å². The molecule has 10 heteroatoms. The van der Waals surface area contributed by atoms with Crippen molar-refractivity contribution >= 4 is 54.9 Å². The van der Waals surface area contributed by atoms with Crippen LogP contribution in [0, 0.1) is 6.92 Å². The van der Waals surface area contributed by atoms with Gasteiger partial charge in [0.25, 0.3) is 5.91 Å². The SMILES string of the molecule is CCS(=O)(=O)C1=CCCC(c2cc(C(=O)NC3CCN(CCO)CC3)c(C)c3[nH]c4ncc(Cl)cc4c23)=C1. The van der Waals surface area contributed by atoms with Gasteiger partial charge in [-0.15, -0.1) is 0 Å². The van der Waals surface area contributed by atoms with Crippen LogP contribution in [0.25, 0.3) is 27.5 Å². The van der Waals surface area contributed by atoms with Gasteiger partial charge in [-0.2, -0.15) is 0 Å². The van der Waals surface area contributed by atoms with Crippen LogP contribution >= 0.6 is 11.6 Å². The number of allylic oxidation sites excluding steroid dienone is 3. The Hall–Kier alpha value is -2.72. The highest BCUT2D eigenvalue weighted by molar-refractivity contribution is 7.95. The molecule has 38 heavy (non-hydrogen) atoms. The van der Waals surface area contributed by atoms with E-state index >= 15 is 0 Å². The van der Waals surface area contributed by atoms with Gasteiger partial charge in [0.15, 0.2) is 9.84 Å². The summed E-state index contributed by atoms with van der Waals surface area (Å²) in [5, 5.41) is 14.6. The van der Waals surface area contributed by atoms with E-state index in [2.05, 4.69) is 20.2 Å². The van der Waals surface area contributed by atoms with Gasteiger partial charge in [-0.25, -0.2) is 13.4 Å². The van der Waals surface area contributed by atoms with Crippen LogP contribution < -0.4 is 5.32 Å². The number of carbonyl (C=O) groups is 1. The molecule has 3 aromatic rings. The molecule has 3 N–H and O–H groups in total. The van der Waals surface area contributed by atoms with E-state index in [9.17, 15) is 18.3 Å². The minimum absolute atomic E-state index is 0.0311. The Bertz CT molecular complexity index is 1570. The second-order valence-corrected chi connectivity index (χ2v) is 12.8. The molecule has 0 spiro atoms. The van der Waals surface area contributed by atoms with Gasteiger partial charge in [0.2, 0.25) is 0 Å². The molecule has 1 saturated heterocycles. The minimum Gasteiger partial charge on any atom is -0.395 e. The van der Waals surface area contributed by atoms with Crippen molar-refractivity contribution in [2.24, 2.45) is 0 Å². The first-order valence-corrected chi connectivity index (χ1v) is 15.1. The maximum Gasteiger partial charge on any atom is 0.251 e. The second kappa shape index (κ2) is 10.8. The van der Waals surface area contributed by atoms with E-state index in [0.717, 1.165) is 58.9 Å². The number of likely N-dealkylation sites (tertiary alicyclic amines) is 1. The zero-order chi connectivity index (χ0) is 27.0. The topological polar surface area (TPSA) is 115 Å². The number of hydrogen-bond donors (Lipinski definition) is 3. The van der Waals surface area contributed by atoms with E-state index in [-0.39, 0.29) is 24.3 Å². The molecule has 0 atom stereocenters. The molecule has 1 amide bonds. The molecule has 0 saturated carbocycles. The molecule has 202 valence electrons. The lowest BCUT2D eigenvalue weighted by Gasteiger charge is -2.32. The number of fused-ring (bicyclic) bond motifs is 3. The third kappa shape index (κ3) is 5.12. The fourth-order valence-electron chi connectivity index (χ4n) is 5.53. The van der Waals surface area contributed by atoms with E-state index < -0.39 is 9.84 Å². The third-order valence-corrected chi connectivity index (χ3v) is 9.67. The van der Waals surface area contributed by atoms with Gasteiger partial charge < -0.3 is 20.3 Å². The van der Waals surface area contributed by atoms with Gasteiger partial charge in [0.1, 0.15) is 5.65 Å². The monoisotopic (exact) mass is 556 g/mol. The molecule has 0 radical (unpaired) electrons. The number of hydrogen-bond acceptors (Lipinski definition) is 6. The van der Waals surface area contributed by atoms with Gasteiger partial charge >= 0.3 is 0 Å². The lowest BCUT2D eigenvalue weighted by Crippen LogP contribution is -2.45. The number of aromatic nitrogens is 2. The van der Waals surface area contributed by atoms with Crippen LogP contribution in [0.2, 0.25) is 5.02 Å². The van der Waals surface area contributed by atoms with Crippen molar-refractivity contribution in [2.75, 3.05) is 32.0 Å². The van der Waals surface area contributed by atoms with Gasteiger partial charge in [0.05, 0.1) is 27.8 Å². The van der Waals surface area contributed by atoms with Crippen LogP contribution in [-0.4, -0.2) is 72.3 Å². The first-order valence-electron chi connectivity index (χ1n) is 13.1. The molecule has 1 aliphatic heterocycles. The number of nitrogens with one attached hydrogen (secondary N) is 2. The molecular formula is C28H33ClN4O4S. The smallest absolute Gasteiger partial charge is 0.251 e. The predicted octanol–water partition coefficient (Wildman–Crippen LogP) is 4.36. The highest BCUT2D eigenvalue weighted by atomic mass is 35.5. The van der Waals surface area contributed by atoms with E-state index in [1.165, 1.54) is 0 Å². The Morgan fingerprint density at radius 2 is 2.05 bits per heavy atom. The Balaban J connectivity index is 1.60. The molecule has 2 aromatic heterocycles. The van der Waals surface area contributed by atoms with Crippen LogP contribution in [0.1, 0.15) is 54.1 Å². The quantitative estimate of drug-likeness (QED) is 0.398. The number of piperidine rings is 1. The molecule has 0 bridgehead atoms.